The average Bonchev–Trinajstić information content (AvgIpc) is 2.76. The van der Waals surface area contributed by atoms with Crippen LogP contribution in [0.15, 0.2) is 59.5 Å². The Morgan fingerprint density at radius 1 is 1.13 bits per heavy atom. The zero-order valence-electron chi connectivity index (χ0n) is 17.4. The molecule has 158 valence electrons. The molecule has 0 saturated carbocycles. The van der Waals surface area contributed by atoms with Crippen LogP contribution in [0.25, 0.3) is 22.2 Å². The number of piperidine rings is 1. The van der Waals surface area contributed by atoms with Crippen LogP contribution < -0.4 is 10.6 Å². The van der Waals surface area contributed by atoms with Crippen LogP contribution in [0.3, 0.4) is 0 Å². The van der Waals surface area contributed by atoms with Crippen LogP contribution in [0.2, 0.25) is 0 Å². The van der Waals surface area contributed by atoms with Crippen molar-refractivity contribution in [2.24, 2.45) is 5.92 Å². The fourth-order valence-corrected chi connectivity index (χ4v) is 4.76. The molecule has 1 aliphatic heterocycles. The summed E-state index contributed by atoms with van der Waals surface area (Å²) in [5, 5.41) is 8.21. The summed E-state index contributed by atoms with van der Waals surface area (Å²) in [6.07, 6.45) is 6.22. The van der Waals surface area contributed by atoms with Crippen molar-refractivity contribution in [3.63, 3.8) is 0 Å². The van der Waals surface area contributed by atoms with Gasteiger partial charge in [-0.05, 0) is 69.0 Å². The largest absolute Gasteiger partial charge is 0.384 e. The first-order valence-corrected chi connectivity index (χ1v) is 12.5. The number of hydrogen-bond donors (Lipinski definition) is 2. The number of para-hydroxylation sites is 1. The maximum absolute atomic E-state index is 11.7. The van der Waals surface area contributed by atoms with E-state index in [4.69, 9.17) is 4.98 Å². The summed E-state index contributed by atoms with van der Waals surface area (Å²) in [4.78, 5) is 5.12. The molecule has 0 aliphatic carbocycles. The van der Waals surface area contributed by atoms with Gasteiger partial charge in [0.2, 0.25) is 0 Å². The zero-order chi connectivity index (χ0) is 21.0. The van der Waals surface area contributed by atoms with Crippen molar-refractivity contribution in [1.82, 2.24) is 10.3 Å². The number of benzene rings is 2. The Hall–Kier alpha value is -2.44. The van der Waals surface area contributed by atoms with Crippen molar-refractivity contribution >= 4 is 26.4 Å². The molecule has 6 heteroatoms. The number of nitrogens with one attached hydrogen (secondary N) is 2. The van der Waals surface area contributed by atoms with E-state index in [1.807, 2.05) is 30.3 Å². The molecule has 0 spiro atoms. The lowest BCUT2D eigenvalue weighted by Gasteiger charge is -2.22. The first kappa shape index (κ1) is 20.8. The van der Waals surface area contributed by atoms with Crippen molar-refractivity contribution in [1.29, 1.82) is 0 Å². The minimum absolute atomic E-state index is 0.322. The van der Waals surface area contributed by atoms with E-state index in [-0.39, 0.29) is 0 Å². The molecule has 2 N–H and O–H groups in total. The van der Waals surface area contributed by atoms with Gasteiger partial charge in [0.05, 0.1) is 16.1 Å². The van der Waals surface area contributed by atoms with E-state index in [0.717, 1.165) is 59.8 Å². The molecule has 1 aromatic heterocycles. The van der Waals surface area contributed by atoms with Crippen LogP contribution in [0.4, 0.5) is 5.69 Å². The van der Waals surface area contributed by atoms with E-state index in [9.17, 15) is 8.42 Å². The highest BCUT2D eigenvalue weighted by molar-refractivity contribution is 7.90. The van der Waals surface area contributed by atoms with Crippen LogP contribution in [0, 0.1) is 5.92 Å². The highest BCUT2D eigenvalue weighted by atomic mass is 32.2. The molecule has 0 radical (unpaired) electrons. The fraction of sp³-hybridized carbons (Fsp3) is 0.375. The Balaban J connectivity index is 1.53. The van der Waals surface area contributed by atoms with E-state index in [1.165, 1.54) is 25.5 Å². The van der Waals surface area contributed by atoms with Gasteiger partial charge in [0.15, 0.2) is 9.84 Å². The van der Waals surface area contributed by atoms with Crippen LogP contribution in [-0.2, 0) is 9.84 Å². The smallest absolute Gasteiger partial charge is 0.175 e. The van der Waals surface area contributed by atoms with Crippen LogP contribution in [0.5, 0.6) is 0 Å². The lowest BCUT2D eigenvalue weighted by Crippen LogP contribution is -2.29. The monoisotopic (exact) mass is 423 g/mol. The number of pyridine rings is 1. The predicted molar refractivity (Wildman–Crippen MR) is 124 cm³/mol. The van der Waals surface area contributed by atoms with Crippen molar-refractivity contribution < 1.29 is 8.42 Å². The first-order valence-electron chi connectivity index (χ1n) is 10.7. The Morgan fingerprint density at radius 2 is 1.93 bits per heavy atom. The summed E-state index contributed by atoms with van der Waals surface area (Å²) < 4.78 is 23.5. The lowest BCUT2D eigenvalue weighted by molar-refractivity contribution is 0.353. The summed E-state index contributed by atoms with van der Waals surface area (Å²) in [6.45, 7) is 3.23. The van der Waals surface area contributed by atoms with E-state index in [1.54, 1.807) is 12.1 Å². The number of nitrogens with zero attached hydrogens (tertiary/aromatic N) is 1. The normalized spacial score (nSPS) is 17.2. The minimum atomic E-state index is -3.21. The molecule has 1 fully saturated rings. The average molecular weight is 424 g/mol. The highest BCUT2D eigenvalue weighted by Crippen LogP contribution is 2.29. The van der Waals surface area contributed by atoms with Crippen LogP contribution >= 0.6 is 0 Å². The third-order valence-electron chi connectivity index (χ3n) is 5.80. The Kier molecular flexibility index (Phi) is 6.35. The summed E-state index contributed by atoms with van der Waals surface area (Å²) in [5.41, 5.74) is 3.75. The topological polar surface area (TPSA) is 71.1 Å². The quantitative estimate of drug-likeness (QED) is 0.548. The van der Waals surface area contributed by atoms with Gasteiger partial charge in [-0.1, -0.05) is 30.3 Å². The molecular formula is C24H29N3O2S. The predicted octanol–water partition coefficient (Wildman–Crippen LogP) is 4.50. The fourth-order valence-electron chi connectivity index (χ4n) is 4.13. The summed E-state index contributed by atoms with van der Waals surface area (Å²) in [6, 6.07) is 17.1. The van der Waals surface area contributed by atoms with Gasteiger partial charge in [0.25, 0.3) is 0 Å². The molecule has 3 aromatic rings. The highest BCUT2D eigenvalue weighted by Gasteiger charge is 2.13. The van der Waals surface area contributed by atoms with Gasteiger partial charge in [0.1, 0.15) is 0 Å². The maximum Gasteiger partial charge on any atom is 0.175 e. The number of anilines is 1. The molecule has 1 unspecified atom stereocenters. The van der Waals surface area contributed by atoms with Gasteiger partial charge in [0, 0.05) is 29.4 Å². The van der Waals surface area contributed by atoms with Crippen LogP contribution in [0.1, 0.15) is 25.7 Å². The van der Waals surface area contributed by atoms with E-state index >= 15 is 0 Å². The molecule has 0 amide bonds. The standard InChI is InChI=1S/C24H29N3O2S/c1-30(28,29)20-12-10-19(11-13-20)23-16-24(21-8-2-3-9-22(21)27-23)26-15-5-7-18-6-4-14-25-17-18/h2-3,8-13,16,18,25H,4-7,14-15,17H2,1H3,(H,26,27). The van der Waals surface area contributed by atoms with Gasteiger partial charge >= 0.3 is 0 Å². The number of fused-ring (bicyclic) bond motifs is 1. The molecule has 1 aliphatic rings. The van der Waals surface area contributed by atoms with E-state index in [0.29, 0.717) is 4.90 Å². The Morgan fingerprint density at radius 3 is 2.67 bits per heavy atom. The van der Waals surface area contributed by atoms with Crippen LogP contribution in [-0.4, -0.2) is 39.3 Å². The van der Waals surface area contributed by atoms with Crippen molar-refractivity contribution in [3.8, 4) is 11.3 Å². The molecule has 2 heterocycles. The van der Waals surface area contributed by atoms with E-state index in [2.05, 4.69) is 22.8 Å². The molecule has 4 rings (SSSR count). The second-order valence-electron chi connectivity index (χ2n) is 8.15. The second kappa shape index (κ2) is 9.14. The Labute approximate surface area is 178 Å². The molecule has 5 nitrogen and oxygen atoms in total. The maximum atomic E-state index is 11.7. The lowest BCUT2D eigenvalue weighted by atomic mass is 9.95. The van der Waals surface area contributed by atoms with Gasteiger partial charge in [-0.2, -0.15) is 0 Å². The summed E-state index contributed by atoms with van der Waals surface area (Å²) in [7, 11) is -3.21. The van der Waals surface area contributed by atoms with Crippen molar-refractivity contribution in [2.75, 3.05) is 31.2 Å². The SMILES string of the molecule is CS(=O)(=O)c1ccc(-c2cc(NCCCC3CCCNC3)c3ccccc3n2)cc1. The Bertz CT molecular complexity index is 1110. The summed E-state index contributed by atoms with van der Waals surface area (Å²) in [5.74, 6) is 0.790. The van der Waals surface area contributed by atoms with Gasteiger partial charge in [-0.15, -0.1) is 0 Å². The van der Waals surface area contributed by atoms with Crippen molar-refractivity contribution in [3.05, 3.63) is 54.6 Å². The third-order valence-corrected chi connectivity index (χ3v) is 6.93. The van der Waals surface area contributed by atoms with Gasteiger partial charge in [-0.3, -0.25) is 0 Å². The first-order chi connectivity index (χ1) is 14.5. The molecule has 0 bridgehead atoms. The number of aromatic nitrogens is 1. The zero-order valence-corrected chi connectivity index (χ0v) is 18.2. The molecule has 30 heavy (non-hydrogen) atoms. The molecule has 2 aromatic carbocycles. The van der Waals surface area contributed by atoms with Crippen molar-refractivity contribution in [2.45, 2.75) is 30.6 Å². The second-order valence-corrected chi connectivity index (χ2v) is 10.2. The van der Waals surface area contributed by atoms with Gasteiger partial charge in [-0.25, -0.2) is 13.4 Å². The molecule has 1 atom stereocenters. The minimum Gasteiger partial charge on any atom is -0.384 e. The van der Waals surface area contributed by atoms with E-state index < -0.39 is 9.84 Å². The number of sulfone groups is 1. The summed E-state index contributed by atoms with van der Waals surface area (Å²) >= 11 is 0. The number of rotatable bonds is 7. The molecular weight excluding hydrogens is 394 g/mol. The number of hydrogen-bond acceptors (Lipinski definition) is 5. The van der Waals surface area contributed by atoms with Gasteiger partial charge < -0.3 is 10.6 Å². The third kappa shape index (κ3) is 4.99. The molecule has 1 saturated heterocycles.